The topological polar surface area (TPSA) is 99.3 Å². The quantitative estimate of drug-likeness (QED) is 0.537. The van der Waals surface area contributed by atoms with Crippen LogP contribution in [0.3, 0.4) is 0 Å². The molecular formula is C17H14N6O. The molecule has 0 fully saturated rings. The lowest BCUT2D eigenvalue weighted by Crippen LogP contribution is -2.23. The number of carbonyl (C=O) groups excluding carboxylic acids is 1. The number of hydrogen-bond donors (Lipinski definition) is 3. The fourth-order valence-corrected chi connectivity index (χ4v) is 2.55. The van der Waals surface area contributed by atoms with Crippen LogP contribution >= 0.6 is 0 Å². The Morgan fingerprint density at radius 3 is 2.92 bits per heavy atom. The van der Waals surface area contributed by atoms with E-state index in [0.29, 0.717) is 12.2 Å². The van der Waals surface area contributed by atoms with E-state index in [1.54, 1.807) is 18.6 Å². The molecule has 0 radical (unpaired) electrons. The summed E-state index contributed by atoms with van der Waals surface area (Å²) < 4.78 is 0. The van der Waals surface area contributed by atoms with E-state index < -0.39 is 0 Å². The lowest BCUT2D eigenvalue weighted by molar-refractivity contribution is 0.0947. The van der Waals surface area contributed by atoms with E-state index >= 15 is 0 Å². The molecule has 0 aliphatic heterocycles. The van der Waals surface area contributed by atoms with Gasteiger partial charge in [0.25, 0.3) is 5.91 Å². The first-order chi connectivity index (χ1) is 11.8. The molecule has 24 heavy (non-hydrogen) atoms. The maximum atomic E-state index is 12.4. The van der Waals surface area contributed by atoms with Crippen LogP contribution in [0.2, 0.25) is 0 Å². The lowest BCUT2D eigenvalue weighted by Gasteiger charge is -2.03. The van der Waals surface area contributed by atoms with Gasteiger partial charge in [0.05, 0.1) is 11.7 Å². The van der Waals surface area contributed by atoms with Gasteiger partial charge in [-0.25, -0.2) is 0 Å². The number of nitrogens with zero attached hydrogens (tertiary/aromatic N) is 3. The third-order valence-corrected chi connectivity index (χ3v) is 3.79. The first-order valence-electron chi connectivity index (χ1n) is 7.45. The monoisotopic (exact) mass is 318 g/mol. The number of aromatic amines is 2. The van der Waals surface area contributed by atoms with Gasteiger partial charge in [0.15, 0.2) is 5.69 Å². The second-order valence-corrected chi connectivity index (χ2v) is 5.36. The first-order valence-corrected chi connectivity index (χ1v) is 7.45. The van der Waals surface area contributed by atoms with Gasteiger partial charge in [0.2, 0.25) is 0 Å². The molecule has 0 bridgehead atoms. The van der Waals surface area contributed by atoms with Crippen molar-refractivity contribution in [2.24, 2.45) is 0 Å². The van der Waals surface area contributed by atoms with Gasteiger partial charge < -0.3 is 5.32 Å². The Kier molecular flexibility index (Phi) is 3.51. The molecule has 4 aromatic rings. The summed E-state index contributed by atoms with van der Waals surface area (Å²) in [5.41, 5.74) is 4.11. The van der Waals surface area contributed by atoms with Gasteiger partial charge in [0, 0.05) is 36.1 Å². The number of H-pyrrole nitrogens is 2. The van der Waals surface area contributed by atoms with E-state index in [4.69, 9.17) is 0 Å². The second-order valence-electron chi connectivity index (χ2n) is 5.36. The van der Waals surface area contributed by atoms with E-state index in [1.165, 1.54) is 0 Å². The van der Waals surface area contributed by atoms with Crippen LogP contribution in [-0.2, 0) is 6.54 Å². The summed E-state index contributed by atoms with van der Waals surface area (Å²) in [6, 6.07) is 9.53. The zero-order valence-electron chi connectivity index (χ0n) is 12.7. The molecule has 0 saturated heterocycles. The highest BCUT2D eigenvalue weighted by Gasteiger charge is 2.14. The summed E-state index contributed by atoms with van der Waals surface area (Å²) in [7, 11) is 0. The molecule has 7 heteroatoms. The Balaban J connectivity index is 1.57. The number of pyridine rings is 1. The van der Waals surface area contributed by atoms with E-state index in [0.717, 1.165) is 27.6 Å². The zero-order chi connectivity index (χ0) is 16.4. The standard InChI is InChI=1S/C17H14N6O/c24-17(19-8-11-2-1-5-18-7-11)16-14-4-3-12(6-15(14)22-23-16)13-9-20-21-10-13/h1-7,9-10H,8H2,(H,19,24)(H,20,21)(H,22,23). The van der Waals surface area contributed by atoms with E-state index in [1.807, 2.05) is 36.5 Å². The minimum atomic E-state index is -0.221. The van der Waals surface area contributed by atoms with Crippen molar-refractivity contribution in [1.82, 2.24) is 30.7 Å². The summed E-state index contributed by atoms with van der Waals surface area (Å²) in [4.78, 5) is 16.4. The van der Waals surface area contributed by atoms with Crippen molar-refractivity contribution in [2.45, 2.75) is 6.54 Å². The summed E-state index contributed by atoms with van der Waals surface area (Å²) in [6.45, 7) is 0.411. The Morgan fingerprint density at radius 1 is 1.17 bits per heavy atom. The summed E-state index contributed by atoms with van der Waals surface area (Å²) in [5, 5.41) is 17.4. The number of carbonyl (C=O) groups is 1. The molecular weight excluding hydrogens is 304 g/mol. The van der Waals surface area contributed by atoms with Crippen molar-refractivity contribution in [3.8, 4) is 11.1 Å². The first kappa shape index (κ1) is 14.1. The number of hydrogen-bond acceptors (Lipinski definition) is 4. The predicted molar refractivity (Wildman–Crippen MR) is 89.1 cm³/mol. The molecule has 1 aromatic carbocycles. The van der Waals surface area contributed by atoms with Gasteiger partial charge in [-0.05, 0) is 29.3 Å². The Hall–Kier alpha value is -3.48. The Morgan fingerprint density at radius 2 is 2.12 bits per heavy atom. The minimum absolute atomic E-state index is 0.221. The summed E-state index contributed by atoms with van der Waals surface area (Å²) in [6.07, 6.45) is 6.99. The molecule has 0 aliphatic carbocycles. The zero-order valence-corrected chi connectivity index (χ0v) is 12.7. The van der Waals surface area contributed by atoms with E-state index in [9.17, 15) is 4.79 Å². The van der Waals surface area contributed by atoms with Crippen molar-refractivity contribution >= 4 is 16.8 Å². The predicted octanol–water partition coefficient (Wildman–Crippen LogP) is 2.28. The van der Waals surface area contributed by atoms with Crippen molar-refractivity contribution < 1.29 is 4.79 Å². The van der Waals surface area contributed by atoms with Gasteiger partial charge in [-0.2, -0.15) is 10.2 Å². The molecule has 1 amide bonds. The van der Waals surface area contributed by atoms with Crippen molar-refractivity contribution in [2.75, 3.05) is 0 Å². The number of amides is 1. The summed E-state index contributed by atoms with van der Waals surface area (Å²) >= 11 is 0. The van der Waals surface area contributed by atoms with Gasteiger partial charge in [-0.15, -0.1) is 0 Å². The summed E-state index contributed by atoms with van der Waals surface area (Å²) in [5.74, 6) is -0.221. The highest BCUT2D eigenvalue weighted by atomic mass is 16.1. The number of rotatable bonds is 4. The average Bonchev–Trinajstić information content (AvgIpc) is 3.29. The molecule has 3 N–H and O–H groups in total. The fourth-order valence-electron chi connectivity index (χ4n) is 2.55. The normalized spacial score (nSPS) is 10.8. The molecule has 3 aromatic heterocycles. The molecule has 118 valence electrons. The van der Waals surface area contributed by atoms with Gasteiger partial charge in [0.1, 0.15) is 0 Å². The maximum Gasteiger partial charge on any atom is 0.272 e. The third kappa shape index (κ3) is 2.63. The molecule has 4 rings (SSSR count). The molecule has 0 unspecified atom stereocenters. The van der Waals surface area contributed by atoms with Crippen LogP contribution in [0, 0.1) is 0 Å². The van der Waals surface area contributed by atoms with Crippen LogP contribution in [0.1, 0.15) is 16.1 Å². The molecule has 0 saturated carbocycles. The smallest absolute Gasteiger partial charge is 0.272 e. The van der Waals surface area contributed by atoms with Gasteiger partial charge in [-0.3, -0.25) is 20.0 Å². The molecule has 0 atom stereocenters. The van der Waals surface area contributed by atoms with Gasteiger partial charge >= 0.3 is 0 Å². The highest BCUT2D eigenvalue weighted by molar-refractivity contribution is 6.05. The van der Waals surface area contributed by atoms with Crippen LogP contribution in [0.15, 0.2) is 55.1 Å². The largest absolute Gasteiger partial charge is 0.346 e. The van der Waals surface area contributed by atoms with Crippen molar-refractivity contribution in [3.05, 3.63) is 66.4 Å². The SMILES string of the molecule is O=C(NCc1cccnc1)c1n[nH]c2cc(-c3cn[nH]c3)ccc12. The third-order valence-electron chi connectivity index (χ3n) is 3.79. The molecule has 0 aliphatic rings. The maximum absolute atomic E-state index is 12.4. The second kappa shape index (κ2) is 5.96. The van der Waals surface area contributed by atoms with Crippen molar-refractivity contribution in [1.29, 1.82) is 0 Å². The van der Waals surface area contributed by atoms with Gasteiger partial charge in [-0.1, -0.05) is 12.1 Å². The molecule has 7 nitrogen and oxygen atoms in total. The Bertz CT molecular complexity index is 975. The number of fused-ring (bicyclic) bond motifs is 1. The highest BCUT2D eigenvalue weighted by Crippen LogP contribution is 2.24. The van der Waals surface area contributed by atoms with E-state index in [2.05, 4.69) is 30.7 Å². The van der Waals surface area contributed by atoms with Crippen LogP contribution in [0.5, 0.6) is 0 Å². The average molecular weight is 318 g/mol. The minimum Gasteiger partial charge on any atom is -0.346 e. The van der Waals surface area contributed by atoms with E-state index in [-0.39, 0.29) is 5.91 Å². The molecule has 0 spiro atoms. The van der Waals surface area contributed by atoms with Crippen LogP contribution in [0.4, 0.5) is 0 Å². The van der Waals surface area contributed by atoms with Crippen LogP contribution in [0.25, 0.3) is 22.0 Å². The number of nitrogens with one attached hydrogen (secondary N) is 3. The fraction of sp³-hybridized carbons (Fsp3) is 0.0588. The number of aromatic nitrogens is 5. The molecule has 3 heterocycles. The number of benzene rings is 1. The lowest BCUT2D eigenvalue weighted by atomic mass is 10.1. The van der Waals surface area contributed by atoms with Crippen molar-refractivity contribution in [3.63, 3.8) is 0 Å². The van der Waals surface area contributed by atoms with Crippen LogP contribution < -0.4 is 5.32 Å². The Labute approximate surface area is 137 Å². The van der Waals surface area contributed by atoms with Crippen LogP contribution in [-0.4, -0.2) is 31.3 Å².